The van der Waals surface area contributed by atoms with Gasteiger partial charge in [-0.3, -0.25) is 9.59 Å². The topological polar surface area (TPSA) is 63.4 Å². The fourth-order valence-electron chi connectivity index (χ4n) is 2.71. The monoisotopic (exact) mass is 312 g/mol. The number of nitrogens with zero attached hydrogens (tertiary/aromatic N) is 1. The van der Waals surface area contributed by atoms with Gasteiger partial charge in [0, 0.05) is 28.7 Å². The number of primary amides is 1. The fraction of sp³-hybridized carbons (Fsp3) is 0.176. The molecular weight excluding hydrogens is 296 g/mol. The molecule has 0 spiro atoms. The second-order valence-corrected chi connectivity index (χ2v) is 6.09. The lowest BCUT2D eigenvalue weighted by Gasteiger charge is -2.29. The largest absolute Gasteiger partial charge is 0.366 e. The van der Waals surface area contributed by atoms with Crippen LogP contribution in [0, 0.1) is 0 Å². The van der Waals surface area contributed by atoms with E-state index in [4.69, 9.17) is 5.73 Å². The van der Waals surface area contributed by atoms with Crippen LogP contribution in [0.15, 0.2) is 41.8 Å². The zero-order chi connectivity index (χ0) is 15.5. The maximum atomic E-state index is 12.5. The number of nitrogens with two attached hydrogens (primary N) is 1. The highest BCUT2D eigenvalue weighted by atomic mass is 32.1. The number of benzene rings is 1. The molecule has 1 aromatic heterocycles. The smallest absolute Gasteiger partial charge is 0.251 e. The van der Waals surface area contributed by atoms with Crippen LogP contribution in [0.3, 0.4) is 0 Å². The average molecular weight is 312 g/mol. The number of hydrogen-bond acceptors (Lipinski definition) is 3. The lowest BCUT2D eigenvalue weighted by atomic mass is 9.96. The summed E-state index contributed by atoms with van der Waals surface area (Å²) in [5, 5.41) is 1.97. The van der Waals surface area contributed by atoms with Crippen molar-refractivity contribution in [3.63, 3.8) is 0 Å². The lowest BCUT2D eigenvalue weighted by Crippen LogP contribution is -2.35. The van der Waals surface area contributed by atoms with E-state index in [9.17, 15) is 9.59 Å². The third kappa shape index (κ3) is 2.80. The Morgan fingerprint density at radius 3 is 2.82 bits per heavy atom. The first kappa shape index (κ1) is 14.5. The number of carbonyl (C=O) groups is 2. The van der Waals surface area contributed by atoms with Gasteiger partial charge in [-0.25, -0.2) is 0 Å². The van der Waals surface area contributed by atoms with Crippen molar-refractivity contribution in [2.75, 3.05) is 11.4 Å². The van der Waals surface area contributed by atoms with E-state index < -0.39 is 5.91 Å². The van der Waals surface area contributed by atoms with Crippen LogP contribution in [-0.4, -0.2) is 18.4 Å². The predicted molar refractivity (Wildman–Crippen MR) is 89.0 cm³/mol. The first-order valence-electron chi connectivity index (χ1n) is 7.11. The molecule has 0 radical (unpaired) electrons. The molecule has 5 heteroatoms. The van der Waals surface area contributed by atoms with Gasteiger partial charge in [0.1, 0.15) is 0 Å². The summed E-state index contributed by atoms with van der Waals surface area (Å²) in [6.07, 6.45) is 5.00. The number of thiophene rings is 1. The average Bonchev–Trinajstić information content (AvgIpc) is 3.04. The highest BCUT2D eigenvalue weighted by molar-refractivity contribution is 7.10. The number of hydrogen-bond donors (Lipinski definition) is 1. The van der Waals surface area contributed by atoms with Crippen LogP contribution in [0.5, 0.6) is 0 Å². The Morgan fingerprint density at radius 1 is 1.23 bits per heavy atom. The number of fused-ring (bicyclic) bond motifs is 1. The van der Waals surface area contributed by atoms with Gasteiger partial charge in [-0.2, -0.15) is 0 Å². The molecule has 2 aromatic rings. The molecule has 2 amide bonds. The van der Waals surface area contributed by atoms with E-state index in [2.05, 4.69) is 0 Å². The quantitative estimate of drug-likeness (QED) is 0.886. The van der Waals surface area contributed by atoms with Crippen LogP contribution in [-0.2, 0) is 11.2 Å². The molecule has 1 aliphatic heterocycles. The van der Waals surface area contributed by atoms with Crippen molar-refractivity contribution in [3.8, 4) is 0 Å². The van der Waals surface area contributed by atoms with Crippen molar-refractivity contribution < 1.29 is 9.59 Å². The summed E-state index contributed by atoms with van der Waals surface area (Å²) < 4.78 is 0. The Morgan fingerprint density at radius 2 is 2.09 bits per heavy atom. The number of carbonyl (C=O) groups excluding carboxylic acids is 2. The minimum absolute atomic E-state index is 0.0732. The summed E-state index contributed by atoms with van der Waals surface area (Å²) in [7, 11) is 0. The van der Waals surface area contributed by atoms with E-state index in [1.54, 1.807) is 34.4 Å². The molecule has 0 saturated carbocycles. The molecule has 0 fully saturated rings. The van der Waals surface area contributed by atoms with E-state index in [0.717, 1.165) is 29.0 Å². The van der Waals surface area contributed by atoms with Crippen LogP contribution >= 0.6 is 11.3 Å². The molecule has 0 saturated heterocycles. The van der Waals surface area contributed by atoms with E-state index in [0.29, 0.717) is 12.1 Å². The Bertz CT molecular complexity index is 735. The van der Waals surface area contributed by atoms with Crippen molar-refractivity contribution in [3.05, 3.63) is 57.8 Å². The standard InChI is InChI=1S/C17H16N2O2S/c18-17(21)14-5-1-7-15-13(14)6-2-10-19(15)16(20)9-8-12-4-3-11-22-12/h1,3-5,7-9,11H,2,6,10H2,(H2,18,21). The summed E-state index contributed by atoms with van der Waals surface area (Å²) in [6.45, 7) is 0.656. The van der Waals surface area contributed by atoms with Gasteiger partial charge < -0.3 is 10.6 Å². The van der Waals surface area contributed by atoms with E-state index >= 15 is 0 Å². The molecule has 1 aliphatic rings. The number of amides is 2. The molecule has 1 aromatic carbocycles. The Kier molecular flexibility index (Phi) is 4.06. The Labute approximate surface area is 132 Å². The highest BCUT2D eigenvalue weighted by Gasteiger charge is 2.24. The van der Waals surface area contributed by atoms with Gasteiger partial charge in [-0.15, -0.1) is 11.3 Å². The van der Waals surface area contributed by atoms with Crippen LogP contribution in [0.2, 0.25) is 0 Å². The summed E-state index contributed by atoms with van der Waals surface area (Å²) in [4.78, 5) is 26.8. The summed E-state index contributed by atoms with van der Waals surface area (Å²) >= 11 is 1.58. The molecule has 0 bridgehead atoms. The molecule has 0 atom stereocenters. The van der Waals surface area contributed by atoms with Gasteiger partial charge in [0.05, 0.1) is 0 Å². The van der Waals surface area contributed by atoms with Gasteiger partial charge in [-0.1, -0.05) is 12.1 Å². The zero-order valence-electron chi connectivity index (χ0n) is 12.0. The third-order valence-electron chi connectivity index (χ3n) is 3.72. The molecule has 2 heterocycles. The van der Waals surface area contributed by atoms with E-state index in [1.807, 2.05) is 29.7 Å². The second kappa shape index (κ2) is 6.15. The van der Waals surface area contributed by atoms with Crippen molar-refractivity contribution in [2.45, 2.75) is 12.8 Å². The molecule has 0 unspecified atom stereocenters. The Hall–Kier alpha value is -2.40. The maximum Gasteiger partial charge on any atom is 0.251 e. The van der Waals surface area contributed by atoms with Crippen molar-refractivity contribution in [1.82, 2.24) is 0 Å². The first-order valence-corrected chi connectivity index (χ1v) is 7.99. The van der Waals surface area contributed by atoms with Crippen LogP contribution in [0.1, 0.15) is 27.2 Å². The molecule has 4 nitrogen and oxygen atoms in total. The summed E-state index contributed by atoms with van der Waals surface area (Å²) in [5.41, 5.74) is 7.61. The minimum atomic E-state index is -0.444. The molecule has 112 valence electrons. The normalized spacial score (nSPS) is 14.1. The molecule has 2 N–H and O–H groups in total. The minimum Gasteiger partial charge on any atom is -0.366 e. The van der Waals surface area contributed by atoms with Crippen molar-refractivity contribution >= 4 is 34.9 Å². The molecule has 0 aliphatic carbocycles. The SMILES string of the molecule is NC(=O)c1cccc2c1CCCN2C(=O)C=Cc1cccs1. The van der Waals surface area contributed by atoms with Crippen molar-refractivity contribution in [2.24, 2.45) is 5.73 Å². The number of anilines is 1. The van der Waals surface area contributed by atoms with Gasteiger partial charge in [-0.05, 0) is 48.1 Å². The van der Waals surface area contributed by atoms with E-state index in [-0.39, 0.29) is 5.91 Å². The predicted octanol–water partition coefficient (Wildman–Crippen LogP) is 2.84. The van der Waals surface area contributed by atoms with Gasteiger partial charge in [0.2, 0.25) is 5.91 Å². The lowest BCUT2D eigenvalue weighted by molar-refractivity contribution is -0.114. The van der Waals surface area contributed by atoms with Crippen molar-refractivity contribution in [1.29, 1.82) is 0 Å². The molecule has 3 rings (SSSR count). The van der Waals surface area contributed by atoms with Gasteiger partial charge in [0.15, 0.2) is 0 Å². The summed E-state index contributed by atoms with van der Waals surface area (Å²) in [5.74, 6) is -0.517. The van der Waals surface area contributed by atoms with Crippen LogP contribution < -0.4 is 10.6 Å². The van der Waals surface area contributed by atoms with E-state index in [1.165, 1.54) is 0 Å². The van der Waals surface area contributed by atoms with Gasteiger partial charge in [0.25, 0.3) is 5.91 Å². The van der Waals surface area contributed by atoms with Crippen LogP contribution in [0.25, 0.3) is 6.08 Å². The highest BCUT2D eigenvalue weighted by Crippen LogP contribution is 2.30. The summed E-state index contributed by atoms with van der Waals surface area (Å²) in [6, 6.07) is 9.27. The molecular formula is C17H16N2O2S. The second-order valence-electron chi connectivity index (χ2n) is 5.11. The van der Waals surface area contributed by atoms with Crippen LogP contribution in [0.4, 0.5) is 5.69 Å². The molecule has 22 heavy (non-hydrogen) atoms. The first-order chi connectivity index (χ1) is 10.7. The number of rotatable bonds is 3. The zero-order valence-corrected chi connectivity index (χ0v) is 12.8. The Balaban J connectivity index is 1.90. The third-order valence-corrected chi connectivity index (χ3v) is 4.55. The fourth-order valence-corrected chi connectivity index (χ4v) is 3.33. The maximum absolute atomic E-state index is 12.5. The van der Waals surface area contributed by atoms with Gasteiger partial charge >= 0.3 is 0 Å².